The van der Waals surface area contributed by atoms with Gasteiger partial charge in [-0.15, -0.1) is 0 Å². The first-order valence-electron chi connectivity index (χ1n) is 9.93. The summed E-state index contributed by atoms with van der Waals surface area (Å²) in [5.74, 6) is 1.25. The Bertz CT molecular complexity index is 1000. The van der Waals surface area contributed by atoms with E-state index >= 15 is 0 Å². The zero-order valence-corrected chi connectivity index (χ0v) is 20.2. The number of halogens is 3. The first-order chi connectivity index (χ1) is 15.0. The first kappa shape index (κ1) is 23.9. The van der Waals surface area contributed by atoms with Crippen LogP contribution in [0.25, 0.3) is 0 Å². The normalized spacial score (nSPS) is 11.9. The maximum absolute atomic E-state index is 10.3. The van der Waals surface area contributed by atoms with Gasteiger partial charge in [0.1, 0.15) is 6.61 Å². The fourth-order valence-electron chi connectivity index (χ4n) is 3.06. The Balaban J connectivity index is 1.66. The largest absolute Gasteiger partial charge is 0.490 e. The lowest BCUT2D eigenvalue weighted by molar-refractivity contribution is 0.174. The molecule has 2 N–H and O–H groups in total. The van der Waals surface area contributed by atoms with Crippen LogP contribution in [0.3, 0.4) is 0 Å². The van der Waals surface area contributed by atoms with Crippen molar-refractivity contribution in [1.82, 2.24) is 5.32 Å². The van der Waals surface area contributed by atoms with E-state index < -0.39 is 6.10 Å². The Hall–Kier alpha value is -1.76. The standard InChI is InChI=1S/C24H24BrCl2NO3/c1-2-30-23-11-16(13-28-14-22(29)17-6-4-3-5-7-17)10-20(25)24(23)31-15-18-8-9-19(26)12-21(18)27/h3-12,22,28-29H,2,13-15H2,1H3/t22-/m1/s1. The highest BCUT2D eigenvalue weighted by molar-refractivity contribution is 9.10. The van der Waals surface area contributed by atoms with Gasteiger partial charge in [-0.05, 0) is 58.2 Å². The maximum atomic E-state index is 10.3. The molecule has 0 saturated carbocycles. The molecular formula is C24H24BrCl2NO3. The van der Waals surface area contributed by atoms with Crippen molar-refractivity contribution in [3.63, 3.8) is 0 Å². The summed E-state index contributed by atoms with van der Waals surface area (Å²) < 4.78 is 12.6. The smallest absolute Gasteiger partial charge is 0.175 e. The fourth-order valence-corrected chi connectivity index (χ4v) is 4.13. The van der Waals surface area contributed by atoms with Crippen molar-refractivity contribution in [2.75, 3.05) is 13.2 Å². The molecule has 0 aliphatic heterocycles. The molecule has 0 aromatic heterocycles. The molecule has 3 aromatic rings. The van der Waals surface area contributed by atoms with Crippen LogP contribution in [0.2, 0.25) is 10.0 Å². The Morgan fingerprint density at radius 1 is 1.03 bits per heavy atom. The van der Waals surface area contributed by atoms with Gasteiger partial charge in [-0.2, -0.15) is 0 Å². The number of rotatable bonds is 10. The number of ether oxygens (including phenoxy) is 2. The number of hydrogen-bond donors (Lipinski definition) is 2. The van der Waals surface area contributed by atoms with E-state index in [1.54, 1.807) is 12.1 Å². The van der Waals surface area contributed by atoms with Crippen molar-refractivity contribution in [2.45, 2.75) is 26.2 Å². The van der Waals surface area contributed by atoms with E-state index in [0.717, 1.165) is 21.2 Å². The summed E-state index contributed by atoms with van der Waals surface area (Å²) in [5.41, 5.74) is 2.73. The van der Waals surface area contributed by atoms with Gasteiger partial charge < -0.3 is 19.9 Å². The average molecular weight is 525 g/mol. The summed E-state index contributed by atoms with van der Waals surface area (Å²) in [5, 5.41) is 14.7. The minimum atomic E-state index is -0.567. The summed E-state index contributed by atoms with van der Waals surface area (Å²) in [7, 11) is 0. The highest BCUT2D eigenvalue weighted by atomic mass is 79.9. The average Bonchev–Trinajstić information content (AvgIpc) is 2.75. The molecule has 3 aromatic carbocycles. The Kier molecular flexibility index (Phi) is 9.05. The quantitative estimate of drug-likeness (QED) is 0.315. The number of hydrogen-bond acceptors (Lipinski definition) is 4. The first-order valence-corrected chi connectivity index (χ1v) is 11.5. The Morgan fingerprint density at radius 2 is 1.81 bits per heavy atom. The molecule has 1 atom stereocenters. The van der Waals surface area contributed by atoms with Gasteiger partial charge in [-0.3, -0.25) is 0 Å². The van der Waals surface area contributed by atoms with Crippen LogP contribution in [0.15, 0.2) is 65.1 Å². The van der Waals surface area contributed by atoms with Gasteiger partial charge >= 0.3 is 0 Å². The summed E-state index contributed by atoms with van der Waals surface area (Å²) in [4.78, 5) is 0. The van der Waals surface area contributed by atoms with Crippen LogP contribution in [-0.4, -0.2) is 18.3 Å². The molecule has 31 heavy (non-hydrogen) atoms. The molecule has 0 bridgehead atoms. The second-order valence-corrected chi connectivity index (χ2v) is 8.62. The monoisotopic (exact) mass is 523 g/mol. The highest BCUT2D eigenvalue weighted by Crippen LogP contribution is 2.38. The highest BCUT2D eigenvalue weighted by Gasteiger charge is 2.14. The lowest BCUT2D eigenvalue weighted by atomic mass is 10.1. The molecule has 0 unspecified atom stereocenters. The van der Waals surface area contributed by atoms with E-state index in [-0.39, 0.29) is 6.61 Å². The zero-order chi connectivity index (χ0) is 22.2. The molecule has 4 nitrogen and oxygen atoms in total. The van der Waals surface area contributed by atoms with Crippen molar-refractivity contribution in [1.29, 1.82) is 0 Å². The molecule has 0 saturated heterocycles. The van der Waals surface area contributed by atoms with Crippen LogP contribution < -0.4 is 14.8 Å². The summed E-state index contributed by atoms with van der Waals surface area (Å²) in [6.45, 7) is 3.74. The van der Waals surface area contributed by atoms with E-state index in [1.165, 1.54) is 0 Å². The van der Waals surface area contributed by atoms with Gasteiger partial charge in [0.15, 0.2) is 11.5 Å². The summed E-state index contributed by atoms with van der Waals surface area (Å²) in [6.07, 6.45) is -0.567. The van der Waals surface area contributed by atoms with Crippen LogP contribution in [-0.2, 0) is 13.2 Å². The molecule has 164 valence electrons. The maximum Gasteiger partial charge on any atom is 0.175 e. The molecule has 3 rings (SSSR count). The van der Waals surface area contributed by atoms with Gasteiger partial charge in [-0.25, -0.2) is 0 Å². The van der Waals surface area contributed by atoms with E-state index in [4.69, 9.17) is 32.7 Å². The topological polar surface area (TPSA) is 50.7 Å². The zero-order valence-electron chi connectivity index (χ0n) is 17.1. The van der Waals surface area contributed by atoms with Crippen molar-refractivity contribution in [3.05, 3.63) is 91.9 Å². The van der Waals surface area contributed by atoms with Gasteiger partial charge in [0.25, 0.3) is 0 Å². The predicted octanol–water partition coefficient (Wildman–Crippen LogP) is 6.56. The third-order valence-electron chi connectivity index (χ3n) is 4.61. The van der Waals surface area contributed by atoms with Crippen LogP contribution in [0.5, 0.6) is 11.5 Å². The van der Waals surface area contributed by atoms with E-state index in [2.05, 4.69) is 21.2 Å². The molecular weight excluding hydrogens is 501 g/mol. The number of nitrogens with one attached hydrogen (secondary N) is 1. The molecule has 0 spiro atoms. The Morgan fingerprint density at radius 3 is 2.52 bits per heavy atom. The fraction of sp³-hybridized carbons (Fsp3) is 0.250. The van der Waals surface area contributed by atoms with E-state index in [0.29, 0.717) is 41.2 Å². The molecule has 0 radical (unpaired) electrons. The van der Waals surface area contributed by atoms with Gasteiger partial charge in [0.2, 0.25) is 0 Å². The molecule has 0 aliphatic rings. The van der Waals surface area contributed by atoms with Crippen molar-refractivity contribution < 1.29 is 14.6 Å². The number of aliphatic hydroxyl groups is 1. The SMILES string of the molecule is CCOc1cc(CNC[C@@H](O)c2ccccc2)cc(Br)c1OCc1ccc(Cl)cc1Cl. The third kappa shape index (κ3) is 6.86. The van der Waals surface area contributed by atoms with E-state index in [9.17, 15) is 5.11 Å². The lowest BCUT2D eigenvalue weighted by Gasteiger charge is -2.17. The van der Waals surface area contributed by atoms with Crippen LogP contribution in [0.4, 0.5) is 0 Å². The van der Waals surface area contributed by atoms with Gasteiger partial charge in [0, 0.05) is 28.7 Å². The molecule has 0 fully saturated rings. The lowest BCUT2D eigenvalue weighted by Crippen LogP contribution is -2.21. The van der Waals surface area contributed by atoms with Crippen LogP contribution >= 0.6 is 39.1 Å². The minimum absolute atomic E-state index is 0.287. The van der Waals surface area contributed by atoms with Crippen molar-refractivity contribution >= 4 is 39.1 Å². The second-order valence-electron chi connectivity index (χ2n) is 6.92. The Labute approximate surface area is 201 Å². The van der Waals surface area contributed by atoms with E-state index in [1.807, 2.05) is 55.5 Å². The second kappa shape index (κ2) is 11.7. The van der Waals surface area contributed by atoms with Gasteiger partial charge in [-0.1, -0.05) is 59.6 Å². The van der Waals surface area contributed by atoms with Crippen molar-refractivity contribution in [2.24, 2.45) is 0 Å². The molecule has 0 heterocycles. The molecule has 7 heteroatoms. The molecule has 0 amide bonds. The van der Waals surface area contributed by atoms with Crippen molar-refractivity contribution in [3.8, 4) is 11.5 Å². The minimum Gasteiger partial charge on any atom is -0.490 e. The number of benzene rings is 3. The predicted molar refractivity (Wildman–Crippen MR) is 129 cm³/mol. The number of aliphatic hydroxyl groups excluding tert-OH is 1. The van der Waals surface area contributed by atoms with Crippen LogP contribution in [0, 0.1) is 0 Å². The summed E-state index contributed by atoms with van der Waals surface area (Å²) in [6, 6.07) is 18.8. The summed E-state index contributed by atoms with van der Waals surface area (Å²) >= 11 is 15.8. The van der Waals surface area contributed by atoms with Gasteiger partial charge in [0.05, 0.1) is 17.2 Å². The third-order valence-corrected chi connectivity index (χ3v) is 5.78. The van der Waals surface area contributed by atoms with Crippen LogP contribution in [0.1, 0.15) is 29.7 Å². The molecule has 0 aliphatic carbocycles.